The third kappa shape index (κ3) is 4.17. The normalized spacial score (nSPS) is 11.8. The maximum atomic E-state index is 11.7. The second-order valence-corrected chi connectivity index (χ2v) is 4.73. The van der Waals surface area contributed by atoms with Crippen LogP contribution in [0.3, 0.4) is 0 Å². The van der Waals surface area contributed by atoms with E-state index in [0.717, 1.165) is 0 Å². The minimum atomic E-state index is -0.465. The van der Waals surface area contributed by atoms with Gasteiger partial charge in [-0.1, -0.05) is 37.6 Å². The third-order valence-corrected chi connectivity index (χ3v) is 2.44. The second-order valence-electron chi connectivity index (χ2n) is 4.33. The predicted molar refractivity (Wildman–Crippen MR) is 68.3 cm³/mol. The lowest BCUT2D eigenvalue weighted by Gasteiger charge is -2.14. The number of aliphatic hydroxyl groups excluding tert-OH is 1. The first-order valence-corrected chi connectivity index (χ1v) is 5.54. The Labute approximate surface area is 105 Å². The first-order chi connectivity index (χ1) is 7.96. The van der Waals surface area contributed by atoms with Crippen molar-refractivity contribution in [3.8, 4) is 0 Å². The Morgan fingerprint density at radius 1 is 1.53 bits per heavy atom. The molecule has 0 unspecified atom stereocenters. The minimum Gasteiger partial charge on any atom is -0.395 e. The summed E-state index contributed by atoms with van der Waals surface area (Å²) in [6.45, 7) is 3.56. The van der Waals surface area contributed by atoms with Gasteiger partial charge in [-0.05, 0) is 12.1 Å². The summed E-state index contributed by atoms with van der Waals surface area (Å²) in [5.74, 6) is -0.374. The summed E-state index contributed by atoms with van der Waals surface area (Å²) < 4.78 is 0. The number of nitrogens with one attached hydrogen (secondary N) is 1. The average Bonchev–Trinajstić information content (AvgIpc) is 2.29. The highest BCUT2D eigenvalue weighted by molar-refractivity contribution is 6.33. The smallest absolute Gasteiger partial charge is 0.272 e. The van der Waals surface area contributed by atoms with Crippen LogP contribution in [0.25, 0.3) is 0 Å². The number of halogens is 1. The van der Waals surface area contributed by atoms with Crippen molar-refractivity contribution in [2.75, 3.05) is 6.61 Å². The molecule has 0 radical (unpaired) electrons. The quantitative estimate of drug-likeness (QED) is 0.638. The zero-order chi connectivity index (χ0) is 12.9. The molecule has 0 spiro atoms. The summed E-state index contributed by atoms with van der Waals surface area (Å²) in [5.41, 5.74) is 2.27. The summed E-state index contributed by atoms with van der Waals surface area (Å²) in [5, 5.41) is 13.2. The Morgan fingerprint density at radius 2 is 2.18 bits per heavy atom. The van der Waals surface area contributed by atoms with Crippen molar-refractivity contribution in [3.05, 3.63) is 34.9 Å². The molecule has 0 fully saturated rings. The van der Waals surface area contributed by atoms with Crippen LogP contribution >= 0.6 is 11.6 Å². The Kier molecular flexibility index (Phi) is 4.66. The van der Waals surface area contributed by atoms with Gasteiger partial charge in [0, 0.05) is 11.6 Å². The molecule has 0 aliphatic carbocycles. The second kappa shape index (κ2) is 5.80. The van der Waals surface area contributed by atoms with Crippen molar-refractivity contribution in [2.24, 2.45) is 10.5 Å². The van der Waals surface area contributed by atoms with Crippen molar-refractivity contribution in [1.82, 2.24) is 5.43 Å². The molecule has 4 nitrogen and oxygen atoms in total. The molecule has 0 aromatic heterocycles. The topological polar surface area (TPSA) is 61.7 Å². The van der Waals surface area contributed by atoms with Gasteiger partial charge in [-0.3, -0.25) is 4.79 Å². The van der Waals surface area contributed by atoms with E-state index in [1.807, 2.05) is 0 Å². The van der Waals surface area contributed by atoms with Crippen molar-refractivity contribution >= 4 is 23.7 Å². The van der Waals surface area contributed by atoms with Gasteiger partial charge in [0.05, 0.1) is 17.2 Å². The van der Waals surface area contributed by atoms with Crippen LogP contribution in [0.4, 0.5) is 0 Å². The summed E-state index contributed by atoms with van der Waals surface area (Å²) in [4.78, 5) is 11.7. The number of aliphatic hydroxyl groups is 1. The zero-order valence-electron chi connectivity index (χ0n) is 9.77. The van der Waals surface area contributed by atoms with Crippen molar-refractivity contribution in [1.29, 1.82) is 0 Å². The standard InChI is InChI=1S/C12H15ClN2O2/c1-12(2,8-16)7-14-15-11(17)9-5-3-4-6-10(9)13/h3-7,16H,8H2,1-2H3,(H,15,17)/b14-7+. The van der Waals surface area contributed by atoms with Gasteiger partial charge in [0.2, 0.25) is 0 Å². The van der Waals surface area contributed by atoms with Gasteiger partial charge in [0.15, 0.2) is 0 Å². The molecule has 1 aromatic carbocycles. The molecule has 0 atom stereocenters. The van der Waals surface area contributed by atoms with Crippen LogP contribution in [0.5, 0.6) is 0 Å². The van der Waals surface area contributed by atoms with Gasteiger partial charge < -0.3 is 5.11 Å². The van der Waals surface area contributed by atoms with Crippen LogP contribution in [-0.2, 0) is 0 Å². The van der Waals surface area contributed by atoms with E-state index >= 15 is 0 Å². The lowest BCUT2D eigenvalue weighted by Crippen LogP contribution is -2.23. The molecule has 2 N–H and O–H groups in total. The van der Waals surface area contributed by atoms with Gasteiger partial charge in [0.25, 0.3) is 5.91 Å². The van der Waals surface area contributed by atoms with Crippen LogP contribution in [0.15, 0.2) is 29.4 Å². The number of hydrazone groups is 1. The van der Waals surface area contributed by atoms with Gasteiger partial charge in [0.1, 0.15) is 0 Å². The molecule has 5 heteroatoms. The SMILES string of the molecule is CC(C)(/C=N/NC(=O)c1ccccc1Cl)CO. The number of amides is 1. The molecule has 0 bridgehead atoms. The molecule has 92 valence electrons. The van der Waals surface area contributed by atoms with E-state index in [-0.39, 0.29) is 12.5 Å². The van der Waals surface area contributed by atoms with Gasteiger partial charge in [-0.25, -0.2) is 5.43 Å². The molecule has 17 heavy (non-hydrogen) atoms. The Morgan fingerprint density at radius 3 is 2.76 bits per heavy atom. The Hall–Kier alpha value is -1.39. The van der Waals surface area contributed by atoms with Gasteiger partial charge in [-0.15, -0.1) is 0 Å². The van der Waals surface area contributed by atoms with E-state index < -0.39 is 5.41 Å². The third-order valence-electron chi connectivity index (χ3n) is 2.11. The van der Waals surface area contributed by atoms with Gasteiger partial charge >= 0.3 is 0 Å². The van der Waals surface area contributed by atoms with E-state index in [1.165, 1.54) is 6.21 Å². The molecule has 0 aliphatic rings. The molecule has 1 amide bonds. The molecular formula is C12H15ClN2O2. The highest BCUT2D eigenvalue weighted by Crippen LogP contribution is 2.14. The lowest BCUT2D eigenvalue weighted by molar-refractivity contribution is 0.0954. The summed E-state index contributed by atoms with van der Waals surface area (Å²) in [6.07, 6.45) is 1.49. The fraction of sp³-hybridized carbons (Fsp3) is 0.333. The molecule has 0 heterocycles. The lowest BCUT2D eigenvalue weighted by atomic mass is 9.97. The van der Waals surface area contributed by atoms with E-state index in [2.05, 4.69) is 10.5 Å². The highest BCUT2D eigenvalue weighted by atomic mass is 35.5. The largest absolute Gasteiger partial charge is 0.395 e. The van der Waals surface area contributed by atoms with Crippen LogP contribution in [0.1, 0.15) is 24.2 Å². The number of carbonyl (C=O) groups is 1. The predicted octanol–water partition coefficient (Wildman–Crippen LogP) is 2.07. The van der Waals surface area contributed by atoms with Crippen molar-refractivity contribution in [3.63, 3.8) is 0 Å². The molecule has 1 aromatic rings. The fourth-order valence-electron chi connectivity index (χ4n) is 1.01. The van der Waals surface area contributed by atoms with Crippen LogP contribution in [0, 0.1) is 5.41 Å². The number of hydrogen-bond donors (Lipinski definition) is 2. The summed E-state index contributed by atoms with van der Waals surface area (Å²) in [6, 6.07) is 6.72. The molecule has 0 saturated heterocycles. The van der Waals surface area contributed by atoms with E-state index in [9.17, 15) is 4.79 Å². The van der Waals surface area contributed by atoms with Gasteiger partial charge in [-0.2, -0.15) is 5.10 Å². The maximum absolute atomic E-state index is 11.7. The summed E-state index contributed by atoms with van der Waals surface area (Å²) in [7, 11) is 0. The highest BCUT2D eigenvalue weighted by Gasteiger charge is 2.13. The summed E-state index contributed by atoms with van der Waals surface area (Å²) >= 11 is 5.86. The minimum absolute atomic E-state index is 0.0432. The van der Waals surface area contributed by atoms with E-state index in [4.69, 9.17) is 16.7 Å². The molecule has 0 aliphatic heterocycles. The molecule has 1 rings (SSSR count). The number of carbonyl (C=O) groups excluding carboxylic acids is 1. The zero-order valence-corrected chi connectivity index (χ0v) is 10.5. The van der Waals surface area contributed by atoms with Crippen molar-refractivity contribution in [2.45, 2.75) is 13.8 Å². The van der Waals surface area contributed by atoms with Crippen LogP contribution < -0.4 is 5.43 Å². The van der Waals surface area contributed by atoms with Crippen LogP contribution in [0.2, 0.25) is 5.02 Å². The number of rotatable bonds is 4. The van der Waals surface area contributed by atoms with Crippen molar-refractivity contribution < 1.29 is 9.90 Å². The average molecular weight is 255 g/mol. The first kappa shape index (κ1) is 13.7. The molecule has 0 saturated carbocycles. The monoisotopic (exact) mass is 254 g/mol. The van der Waals surface area contributed by atoms with E-state index in [0.29, 0.717) is 10.6 Å². The van der Waals surface area contributed by atoms with Crippen LogP contribution in [-0.4, -0.2) is 23.8 Å². The van der Waals surface area contributed by atoms with E-state index in [1.54, 1.807) is 38.1 Å². The number of nitrogens with zero attached hydrogens (tertiary/aromatic N) is 1. The maximum Gasteiger partial charge on any atom is 0.272 e. The fourth-order valence-corrected chi connectivity index (χ4v) is 1.23. The Bertz CT molecular complexity index is 430. The Balaban J connectivity index is 2.66. The number of benzene rings is 1. The molecular weight excluding hydrogens is 240 g/mol. The first-order valence-electron chi connectivity index (χ1n) is 5.16. The number of hydrogen-bond acceptors (Lipinski definition) is 3.